The maximum Gasteiger partial charge on any atom is 0.248 e. The zero-order chi connectivity index (χ0) is 20.1. The number of nitrogens with one attached hydrogen (secondary N) is 2. The summed E-state index contributed by atoms with van der Waals surface area (Å²) in [5.74, 6) is -0.842. The van der Waals surface area contributed by atoms with E-state index in [2.05, 4.69) is 21.0 Å². The van der Waals surface area contributed by atoms with Crippen LogP contribution in [0.25, 0.3) is 17.1 Å². The van der Waals surface area contributed by atoms with Gasteiger partial charge in [-0.15, -0.1) is 10.2 Å². The minimum absolute atomic E-state index is 0.00153. The van der Waals surface area contributed by atoms with Gasteiger partial charge < -0.3 is 0 Å². The number of nitrogens with zero attached hydrogens (tertiary/aromatic N) is 3. The first-order valence-corrected chi connectivity index (χ1v) is 9.40. The topological polar surface area (TPSA) is 88.9 Å². The normalized spacial score (nSPS) is 10.5. The molecule has 0 radical (unpaired) electrons. The molecule has 0 saturated heterocycles. The number of carbonyl (C=O) groups excluding carboxylic acids is 2. The van der Waals surface area contributed by atoms with Gasteiger partial charge in [0.25, 0.3) is 0 Å². The van der Waals surface area contributed by atoms with E-state index >= 15 is 0 Å². The van der Waals surface area contributed by atoms with E-state index in [1.54, 1.807) is 22.8 Å². The Hall–Kier alpha value is -3.20. The molecule has 7 nitrogen and oxygen atoms in total. The van der Waals surface area contributed by atoms with Crippen molar-refractivity contribution in [3.8, 4) is 17.1 Å². The highest BCUT2D eigenvalue weighted by atomic mass is 32.2. The lowest BCUT2D eigenvalue weighted by atomic mass is 10.2. The Bertz CT molecular complexity index is 1000. The van der Waals surface area contributed by atoms with E-state index in [-0.39, 0.29) is 11.7 Å². The van der Waals surface area contributed by atoms with E-state index < -0.39 is 11.7 Å². The second-order valence-electron chi connectivity index (χ2n) is 5.98. The van der Waals surface area contributed by atoms with Crippen LogP contribution in [0.15, 0.2) is 53.7 Å². The van der Waals surface area contributed by atoms with Gasteiger partial charge in [0.05, 0.1) is 11.3 Å². The third-order valence-corrected chi connectivity index (χ3v) is 4.68. The van der Waals surface area contributed by atoms with Crippen molar-refractivity contribution in [3.05, 3.63) is 59.9 Å². The highest BCUT2D eigenvalue weighted by Crippen LogP contribution is 2.29. The molecule has 0 aliphatic heterocycles. The largest absolute Gasteiger partial charge is 0.274 e. The van der Waals surface area contributed by atoms with E-state index in [0.29, 0.717) is 16.5 Å². The Morgan fingerprint density at radius 3 is 2.46 bits per heavy atom. The average Bonchev–Trinajstić information content (AvgIpc) is 3.09. The summed E-state index contributed by atoms with van der Waals surface area (Å²) in [6, 6.07) is 13.9. The molecule has 0 fully saturated rings. The van der Waals surface area contributed by atoms with E-state index in [1.807, 2.05) is 31.2 Å². The zero-order valence-electron chi connectivity index (χ0n) is 15.3. The third-order valence-electron chi connectivity index (χ3n) is 3.75. The van der Waals surface area contributed by atoms with Crippen molar-refractivity contribution in [2.24, 2.45) is 0 Å². The smallest absolute Gasteiger partial charge is 0.248 e. The van der Waals surface area contributed by atoms with Crippen LogP contribution in [0.3, 0.4) is 0 Å². The number of halogens is 1. The van der Waals surface area contributed by atoms with Gasteiger partial charge in [-0.25, -0.2) is 4.39 Å². The molecule has 0 unspecified atom stereocenters. The molecular weight excluding hydrogens is 381 g/mol. The van der Waals surface area contributed by atoms with Gasteiger partial charge in [0.1, 0.15) is 5.82 Å². The number of carbonyl (C=O) groups is 2. The number of rotatable bonds is 5. The summed E-state index contributed by atoms with van der Waals surface area (Å²) >= 11 is 1.13. The van der Waals surface area contributed by atoms with Gasteiger partial charge in [-0.2, -0.15) is 0 Å². The Morgan fingerprint density at radius 1 is 1.07 bits per heavy atom. The maximum atomic E-state index is 14.3. The number of aryl methyl sites for hydroxylation is 1. The number of aromatic nitrogens is 3. The molecule has 2 aromatic carbocycles. The van der Waals surface area contributed by atoms with Crippen molar-refractivity contribution in [1.29, 1.82) is 0 Å². The third kappa shape index (κ3) is 4.55. The number of amides is 2. The summed E-state index contributed by atoms with van der Waals surface area (Å²) < 4.78 is 16.0. The van der Waals surface area contributed by atoms with Crippen molar-refractivity contribution in [2.75, 3.05) is 5.75 Å². The van der Waals surface area contributed by atoms with Gasteiger partial charge in [0.15, 0.2) is 11.0 Å². The molecule has 1 heterocycles. The lowest BCUT2D eigenvalue weighted by molar-refractivity contribution is -0.126. The highest BCUT2D eigenvalue weighted by Gasteiger charge is 2.19. The standard InChI is InChI=1S/C19H18FN5O2S/c1-12-7-9-14(10-8-12)25-18(15-5-3-4-6-16(15)20)23-24-19(25)28-11-17(27)22-21-13(2)26/h3-10H,11H2,1-2H3,(H,21,26)(H,22,27). The predicted octanol–water partition coefficient (Wildman–Crippen LogP) is 2.64. The number of thioether (sulfide) groups is 1. The zero-order valence-corrected chi connectivity index (χ0v) is 16.1. The van der Waals surface area contributed by atoms with Crippen LogP contribution in [0.1, 0.15) is 12.5 Å². The molecule has 0 bridgehead atoms. The first-order valence-electron chi connectivity index (χ1n) is 8.41. The molecule has 28 heavy (non-hydrogen) atoms. The van der Waals surface area contributed by atoms with Crippen molar-refractivity contribution in [1.82, 2.24) is 25.6 Å². The molecule has 3 rings (SSSR count). The molecular formula is C19H18FN5O2S. The second-order valence-corrected chi connectivity index (χ2v) is 6.92. The molecule has 0 aliphatic carbocycles. The summed E-state index contributed by atoms with van der Waals surface area (Å²) in [6.07, 6.45) is 0. The van der Waals surface area contributed by atoms with Crippen LogP contribution in [-0.4, -0.2) is 32.3 Å². The van der Waals surface area contributed by atoms with E-state index in [0.717, 1.165) is 23.0 Å². The number of benzene rings is 2. The highest BCUT2D eigenvalue weighted by molar-refractivity contribution is 7.99. The first kappa shape index (κ1) is 19.6. The molecule has 2 N–H and O–H groups in total. The van der Waals surface area contributed by atoms with Crippen LogP contribution in [0, 0.1) is 12.7 Å². The van der Waals surface area contributed by atoms with Crippen LogP contribution in [0.2, 0.25) is 0 Å². The fourth-order valence-electron chi connectivity index (χ4n) is 2.43. The van der Waals surface area contributed by atoms with Gasteiger partial charge in [0, 0.05) is 12.6 Å². The molecule has 0 aliphatic rings. The van der Waals surface area contributed by atoms with E-state index in [9.17, 15) is 14.0 Å². The van der Waals surface area contributed by atoms with Crippen molar-refractivity contribution < 1.29 is 14.0 Å². The minimum Gasteiger partial charge on any atom is -0.274 e. The molecule has 3 aromatic rings. The quantitative estimate of drug-likeness (QED) is 0.509. The van der Waals surface area contributed by atoms with Crippen LogP contribution < -0.4 is 10.9 Å². The monoisotopic (exact) mass is 399 g/mol. The molecule has 2 amide bonds. The SMILES string of the molecule is CC(=O)NNC(=O)CSc1nnc(-c2ccccc2F)n1-c1ccc(C)cc1. The fraction of sp³-hybridized carbons (Fsp3) is 0.158. The fourth-order valence-corrected chi connectivity index (χ4v) is 3.18. The van der Waals surface area contributed by atoms with Gasteiger partial charge in [-0.1, -0.05) is 41.6 Å². The Balaban J connectivity index is 1.94. The van der Waals surface area contributed by atoms with Gasteiger partial charge in [0.2, 0.25) is 11.8 Å². The van der Waals surface area contributed by atoms with Gasteiger partial charge in [-0.05, 0) is 31.2 Å². The van der Waals surface area contributed by atoms with Crippen molar-refractivity contribution in [3.63, 3.8) is 0 Å². The molecule has 1 aromatic heterocycles. The Morgan fingerprint density at radius 2 is 1.79 bits per heavy atom. The van der Waals surface area contributed by atoms with Crippen molar-refractivity contribution >= 4 is 23.6 Å². The maximum absolute atomic E-state index is 14.3. The second kappa shape index (κ2) is 8.66. The molecule has 0 saturated carbocycles. The summed E-state index contributed by atoms with van der Waals surface area (Å²) in [4.78, 5) is 22.8. The van der Waals surface area contributed by atoms with E-state index in [4.69, 9.17) is 0 Å². The van der Waals surface area contributed by atoms with Gasteiger partial charge >= 0.3 is 0 Å². The van der Waals surface area contributed by atoms with Crippen LogP contribution in [-0.2, 0) is 9.59 Å². The predicted molar refractivity (Wildman–Crippen MR) is 104 cm³/mol. The molecule has 144 valence electrons. The van der Waals surface area contributed by atoms with Crippen LogP contribution in [0.4, 0.5) is 4.39 Å². The average molecular weight is 399 g/mol. The summed E-state index contributed by atoms with van der Waals surface area (Å²) in [5, 5.41) is 8.72. The Kier molecular flexibility index (Phi) is 6.05. The van der Waals surface area contributed by atoms with Crippen LogP contribution >= 0.6 is 11.8 Å². The molecule has 0 spiro atoms. The molecule has 0 atom stereocenters. The summed E-state index contributed by atoms with van der Waals surface area (Å²) in [6.45, 7) is 3.26. The first-order chi connectivity index (χ1) is 13.5. The van der Waals surface area contributed by atoms with Gasteiger partial charge in [-0.3, -0.25) is 25.0 Å². The minimum atomic E-state index is -0.414. The summed E-state index contributed by atoms with van der Waals surface area (Å²) in [7, 11) is 0. The number of hydrazine groups is 1. The van der Waals surface area contributed by atoms with Crippen LogP contribution in [0.5, 0.6) is 0 Å². The Labute approximate surface area is 165 Å². The molecule has 9 heteroatoms. The van der Waals surface area contributed by atoms with E-state index in [1.165, 1.54) is 13.0 Å². The number of hydrogen-bond donors (Lipinski definition) is 2. The lowest BCUT2D eigenvalue weighted by Crippen LogP contribution is -2.41. The van der Waals surface area contributed by atoms with Crippen molar-refractivity contribution in [2.45, 2.75) is 19.0 Å². The lowest BCUT2D eigenvalue weighted by Gasteiger charge is -2.11. The number of hydrogen-bond acceptors (Lipinski definition) is 5. The summed E-state index contributed by atoms with van der Waals surface area (Å²) in [5.41, 5.74) is 6.65.